The standard InChI is InChI=1S/C19H17ClF2N4O3S/c1-3-6-30(28,29)26-14-8-11(21)18(22)16(17(14)20)19(27)10-4-5-12-13(7-10)25-15(23-2)9-24-12/h4-5,7-9,26H,3,6H2,1-2H3,(H,23,25). The fraction of sp³-hybridized carbons (Fsp3) is 0.211. The van der Waals surface area contributed by atoms with Gasteiger partial charge < -0.3 is 5.32 Å². The number of rotatable bonds is 7. The molecule has 11 heteroatoms. The van der Waals surface area contributed by atoms with Gasteiger partial charge in [-0.05, 0) is 24.6 Å². The Morgan fingerprint density at radius 3 is 2.60 bits per heavy atom. The summed E-state index contributed by atoms with van der Waals surface area (Å²) in [4.78, 5) is 21.4. The second-order valence-corrected chi connectivity index (χ2v) is 8.59. The largest absolute Gasteiger partial charge is 0.372 e. The first-order valence-corrected chi connectivity index (χ1v) is 10.9. The number of ketones is 1. The van der Waals surface area contributed by atoms with Crippen molar-refractivity contribution in [1.29, 1.82) is 0 Å². The maximum Gasteiger partial charge on any atom is 0.232 e. The quantitative estimate of drug-likeness (QED) is 0.413. The number of hydrogen-bond donors (Lipinski definition) is 2. The number of benzene rings is 2. The Labute approximate surface area is 176 Å². The zero-order valence-corrected chi connectivity index (χ0v) is 17.5. The van der Waals surface area contributed by atoms with Crippen molar-refractivity contribution in [3.8, 4) is 0 Å². The number of sulfonamides is 1. The van der Waals surface area contributed by atoms with Gasteiger partial charge in [0.05, 0.1) is 39.3 Å². The van der Waals surface area contributed by atoms with Crippen LogP contribution in [0.4, 0.5) is 20.3 Å². The summed E-state index contributed by atoms with van der Waals surface area (Å²) in [5.74, 6) is -3.60. The van der Waals surface area contributed by atoms with Crippen LogP contribution in [0.3, 0.4) is 0 Å². The predicted octanol–water partition coefficient (Wildman–Crippen LogP) is 3.99. The molecule has 0 amide bonds. The van der Waals surface area contributed by atoms with E-state index in [-0.39, 0.29) is 11.3 Å². The maximum absolute atomic E-state index is 14.5. The topological polar surface area (TPSA) is 101 Å². The van der Waals surface area contributed by atoms with Crippen molar-refractivity contribution in [1.82, 2.24) is 9.97 Å². The number of carbonyl (C=O) groups is 1. The summed E-state index contributed by atoms with van der Waals surface area (Å²) in [6.07, 6.45) is 1.80. The molecular formula is C19H17ClF2N4O3S. The molecule has 0 saturated heterocycles. The van der Waals surface area contributed by atoms with Crippen molar-refractivity contribution in [3.05, 3.63) is 58.2 Å². The number of aromatic nitrogens is 2. The normalized spacial score (nSPS) is 11.5. The first-order chi connectivity index (χ1) is 14.2. The van der Waals surface area contributed by atoms with Crippen molar-refractivity contribution >= 4 is 49.9 Å². The van der Waals surface area contributed by atoms with Crippen LogP contribution in [-0.2, 0) is 10.0 Å². The summed E-state index contributed by atoms with van der Waals surface area (Å²) in [5, 5.41) is 2.28. The number of anilines is 2. The first kappa shape index (κ1) is 21.8. The van der Waals surface area contributed by atoms with E-state index < -0.39 is 43.7 Å². The fourth-order valence-corrected chi connectivity index (χ4v) is 4.24. The van der Waals surface area contributed by atoms with Crippen LogP contribution in [0.2, 0.25) is 5.02 Å². The molecule has 0 aliphatic carbocycles. The van der Waals surface area contributed by atoms with E-state index in [0.717, 1.165) is 0 Å². The number of nitrogens with one attached hydrogen (secondary N) is 2. The van der Waals surface area contributed by atoms with Crippen LogP contribution < -0.4 is 10.0 Å². The molecule has 2 aromatic carbocycles. The van der Waals surface area contributed by atoms with E-state index in [9.17, 15) is 22.0 Å². The van der Waals surface area contributed by atoms with Crippen LogP contribution in [0.1, 0.15) is 29.3 Å². The summed E-state index contributed by atoms with van der Waals surface area (Å²) in [6.45, 7) is 1.64. The molecule has 0 atom stereocenters. The molecule has 0 saturated carbocycles. The summed E-state index contributed by atoms with van der Waals surface area (Å²) in [6, 6.07) is 4.85. The highest BCUT2D eigenvalue weighted by Crippen LogP contribution is 2.33. The number of fused-ring (bicyclic) bond motifs is 1. The van der Waals surface area contributed by atoms with Crippen LogP contribution in [0.25, 0.3) is 11.0 Å². The van der Waals surface area contributed by atoms with Crippen LogP contribution in [0, 0.1) is 11.6 Å². The minimum absolute atomic E-state index is 0.0150. The lowest BCUT2D eigenvalue weighted by atomic mass is 10.0. The Morgan fingerprint density at radius 2 is 1.93 bits per heavy atom. The van der Waals surface area contributed by atoms with Crippen molar-refractivity contribution in [3.63, 3.8) is 0 Å². The SMILES string of the molecule is CCCS(=O)(=O)Nc1cc(F)c(F)c(C(=O)c2ccc3ncc(NC)nc3c2)c1Cl. The first-order valence-electron chi connectivity index (χ1n) is 8.84. The summed E-state index contributed by atoms with van der Waals surface area (Å²) in [5.41, 5.74) is -0.360. The highest BCUT2D eigenvalue weighted by atomic mass is 35.5. The minimum atomic E-state index is -3.84. The molecule has 3 aromatic rings. The number of halogens is 3. The maximum atomic E-state index is 14.5. The van der Waals surface area contributed by atoms with Crippen molar-refractivity contribution in [2.45, 2.75) is 13.3 Å². The Hall–Kier alpha value is -2.85. The van der Waals surface area contributed by atoms with Crippen molar-refractivity contribution in [2.75, 3.05) is 22.8 Å². The van der Waals surface area contributed by atoms with Gasteiger partial charge in [0.1, 0.15) is 5.82 Å². The van der Waals surface area contributed by atoms with Gasteiger partial charge in [0.2, 0.25) is 10.0 Å². The summed E-state index contributed by atoms with van der Waals surface area (Å²) >= 11 is 6.11. The van der Waals surface area contributed by atoms with Crippen molar-refractivity contribution in [2.24, 2.45) is 0 Å². The van der Waals surface area contributed by atoms with E-state index in [1.807, 2.05) is 0 Å². The summed E-state index contributed by atoms with van der Waals surface area (Å²) in [7, 11) is -2.19. The third-order valence-corrected chi connectivity index (χ3v) is 6.05. The van der Waals surface area contributed by atoms with Crippen LogP contribution in [-0.4, -0.2) is 37.0 Å². The average Bonchev–Trinajstić information content (AvgIpc) is 2.70. The van der Waals surface area contributed by atoms with E-state index in [4.69, 9.17) is 11.6 Å². The second-order valence-electron chi connectivity index (χ2n) is 6.37. The Morgan fingerprint density at radius 1 is 1.20 bits per heavy atom. The minimum Gasteiger partial charge on any atom is -0.372 e. The predicted molar refractivity (Wildman–Crippen MR) is 112 cm³/mol. The number of nitrogens with zero attached hydrogens (tertiary/aromatic N) is 2. The smallest absolute Gasteiger partial charge is 0.232 e. The molecule has 0 spiro atoms. The Kier molecular flexibility index (Phi) is 6.18. The molecule has 0 aliphatic rings. The highest BCUT2D eigenvalue weighted by Gasteiger charge is 2.26. The molecule has 1 aromatic heterocycles. The molecule has 158 valence electrons. The summed E-state index contributed by atoms with van der Waals surface area (Å²) < 4.78 is 54.8. The van der Waals surface area contributed by atoms with Gasteiger partial charge in [-0.1, -0.05) is 18.5 Å². The molecule has 1 heterocycles. The third kappa shape index (κ3) is 4.34. The third-order valence-electron chi connectivity index (χ3n) is 4.18. The van der Waals surface area contributed by atoms with Crippen molar-refractivity contribution < 1.29 is 22.0 Å². The molecule has 0 radical (unpaired) electrons. The van der Waals surface area contributed by atoms with Gasteiger partial charge in [-0.15, -0.1) is 0 Å². The molecule has 30 heavy (non-hydrogen) atoms. The fourth-order valence-electron chi connectivity index (χ4n) is 2.78. The highest BCUT2D eigenvalue weighted by molar-refractivity contribution is 7.92. The molecule has 0 aliphatic heterocycles. The van der Waals surface area contributed by atoms with E-state index in [0.29, 0.717) is 29.3 Å². The van der Waals surface area contributed by atoms with Gasteiger partial charge in [0.15, 0.2) is 17.4 Å². The molecule has 7 nitrogen and oxygen atoms in total. The van der Waals surface area contributed by atoms with Crippen LogP contribution in [0.15, 0.2) is 30.5 Å². The van der Waals surface area contributed by atoms with Gasteiger partial charge in [-0.3, -0.25) is 14.5 Å². The van der Waals surface area contributed by atoms with E-state index in [1.54, 1.807) is 14.0 Å². The van der Waals surface area contributed by atoms with Gasteiger partial charge >= 0.3 is 0 Å². The van der Waals surface area contributed by atoms with Crippen LogP contribution in [0.5, 0.6) is 0 Å². The molecule has 0 bridgehead atoms. The van der Waals surface area contributed by atoms with Gasteiger partial charge in [-0.2, -0.15) is 0 Å². The lowest BCUT2D eigenvalue weighted by Crippen LogP contribution is -2.18. The zero-order valence-electron chi connectivity index (χ0n) is 16.0. The molecule has 0 unspecified atom stereocenters. The molecule has 2 N–H and O–H groups in total. The van der Waals surface area contributed by atoms with Gasteiger partial charge in [-0.25, -0.2) is 22.2 Å². The monoisotopic (exact) mass is 454 g/mol. The van der Waals surface area contributed by atoms with E-state index in [1.165, 1.54) is 24.4 Å². The Bertz CT molecular complexity index is 1250. The van der Waals surface area contributed by atoms with Gasteiger partial charge in [0.25, 0.3) is 0 Å². The van der Waals surface area contributed by atoms with Gasteiger partial charge in [0, 0.05) is 18.7 Å². The van der Waals surface area contributed by atoms with E-state index >= 15 is 0 Å². The Balaban J connectivity index is 2.10. The molecular weight excluding hydrogens is 438 g/mol. The number of hydrogen-bond acceptors (Lipinski definition) is 6. The van der Waals surface area contributed by atoms with E-state index in [2.05, 4.69) is 20.0 Å². The van der Waals surface area contributed by atoms with Crippen LogP contribution >= 0.6 is 11.6 Å². The molecule has 3 rings (SSSR count). The second kappa shape index (κ2) is 8.49. The lowest BCUT2D eigenvalue weighted by molar-refractivity contribution is 0.103. The molecule has 0 fully saturated rings. The number of carbonyl (C=O) groups excluding carboxylic acids is 1. The zero-order chi connectivity index (χ0) is 22.1. The lowest BCUT2D eigenvalue weighted by Gasteiger charge is -2.13. The average molecular weight is 455 g/mol.